The zero-order chi connectivity index (χ0) is 23.1. The molecular formula is C31H47NO. The minimum atomic E-state index is 0.794. The summed E-state index contributed by atoms with van der Waals surface area (Å²) in [6.45, 7) is 5.37. The van der Waals surface area contributed by atoms with Gasteiger partial charge in [0.2, 0.25) is 0 Å². The summed E-state index contributed by atoms with van der Waals surface area (Å²) in [5.41, 5.74) is 3.68. The van der Waals surface area contributed by atoms with Crippen molar-refractivity contribution in [3.05, 3.63) is 48.2 Å². The highest BCUT2D eigenvalue weighted by atomic mass is 16.5. The molecule has 0 unspecified atom stereocenters. The predicted octanol–water partition coefficient (Wildman–Crippen LogP) is 9.42. The molecule has 0 N–H and O–H groups in total. The van der Waals surface area contributed by atoms with Gasteiger partial charge in [0.15, 0.2) is 0 Å². The van der Waals surface area contributed by atoms with Crippen molar-refractivity contribution >= 4 is 0 Å². The normalized spacial score (nSPS) is 18.4. The van der Waals surface area contributed by atoms with Crippen LogP contribution >= 0.6 is 0 Å². The third-order valence-corrected chi connectivity index (χ3v) is 7.53. The van der Waals surface area contributed by atoms with Gasteiger partial charge in [0, 0.05) is 5.56 Å². The van der Waals surface area contributed by atoms with Crippen LogP contribution in [0.15, 0.2) is 42.6 Å². The molecule has 0 atom stereocenters. The molecule has 2 heteroatoms. The average molecular weight is 450 g/mol. The van der Waals surface area contributed by atoms with E-state index < -0.39 is 0 Å². The summed E-state index contributed by atoms with van der Waals surface area (Å²) in [5, 5.41) is 0. The Labute approximate surface area is 203 Å². The fourth-order valence-electron chi connectivity index (χ4n) is 5.22. The lowest BCUT2D eigenvalue weighted by atomic mass is 9.78. The van der Waals surface area contributed by atoms with Crippen LogP contribution in [-0.4, -0.2) is 11.6 Å². The largest absolute Gasteiger partial charge is 0.492 e. The van der Waals surface area contributed by atoms with E-state index in [1.54, 1.807) is 0 Å². The molecule has 1 aliphatic carbocycles. The second-order valence-electron chi connectivity index (χ2n) is 10.3. The maximum absolute atomic E-state index is 5.88. The van der Waals surface area contributed by atoms with Crippen molar-refractivity contribution < 1.29 is 4.74 Å². The molecule has 2 aromatic rings. The van der Waals surface area contributed by atoms with E-state index in [-0.39, 0.29) is 0 Å². The Bertz CT molecular complexity index is 743. The first kappa shape index (κ1) is 25.8. The minimum Gasteiger partial charge on any atom is -0.492 e. The fourth-order valence-corrected chi connectivity index (χ4v) is 5.22. The van der Waals surface area contributed by atoms with Gasteiger partial charge in [-0.15, -0.1) is 0 Å². The van der Waals surface area contributed by atoms with Crippen LogP contribution in [0.3, 0.4) is 0 Å². The summed E-state index contributed by atoms with van der Waals surface area (Å²) in [5.74, 6) is 2.83. The summed E-state index contributed by atoms with van der Waals surface area (Å²) in [6.07, 6.45) is 22.2. The molecule has 1 heterocycles. The summed E-state index contributed by atoms with van der Waals surface area (Å²) in [7, 11) is 0. The molecule has 3 rings (SSSR count). The Balaban J connectivity index is 1.35. The van der Waals surface area contributed by atoms with Crippen molar-refractivity contribution in [2.75, 3.05) is 6.61 Å². The molecule has 2 nitrogen and oxygen atoms in total. The highest BCUT2D eigenvalue weighted by Crippen LogP contribution is 2.34. The molecular weight excluding hydrogens is 402 g/mol. The number of benzene rings is 1. The van der Waals surface area contributed by atoms with Crippen LogP contribution in [0, 0.1) is 11.8 Å². The smallest absolute Gasteiger partial charge is 0.137 e. The Kier molecular flexibility index (Phi) is 11.8. The van der Waals surface area contributed by atoms with E-state index in [0.717, 1.165) is 36.3 Å². The van der Waals surface area contributed by atoms with E-state index in [0.29, 0.717) is 0 Å². The SMILES string of the molecule is CCCCCCCCOc1ccc(-c2ccc(CC[C@H]3CC[C@H](CCCC)CC3)cc2)nc1. The molecule has 1 saturated carbocycles. The number of rotatable bonds is 15. The predicted molar refractivity (Wildman–Crippen MR) is 142 cm³/mol. The lowest BCUT2D eigenvalue weighted by molar-refractivity contribution is 0.250. The van der Waals surface area contributed by atoms with Gasteiger partial charge in [0.1, 0.15) is 5.75 Å². The van der Waals surface area contributed by atoms with E-state index in [9.17, 15) is 0 Å². The van der Waals surface area contributed by atoms with Crippen LogP contribution in [0.5, 0.6) is 5.75 Å². The van der Waals surface area contributed by atoms with E-state index in [1.807, 2.05) is 6.20 Å². The number of hydrogen-bond donors (Lipinski definition) is 0. The Morgan fingerprint density at radius 1 is 0.727 bits per heavy atom. The molecule has 1 aliphatic rings. The van der Waals surface area contributed by atoms with E-state index in [2.05, 4.69) is 55.2 Å². The monoisotopic (exact) mass is 449 g/mol. The molecule has 0 amide bonds. The van der Waals surface area contributed by atoms with E-state index in [1.165, 1.54) is 101 Å². The van der Waals surface area contributed by atoms with Crippen molar-refractivity contribution in [3.8, 4) is 17.0 Å². The van der Waals surface area contributed by atoms with Gasteiger partial charge in [-0.25, -0.2) is 0 Å². The zero-order valence-corrected chi connectivity index (χ0v) is 21.4. The van der Waals surface area contributed by atoms with E-state index in [4.69, 9.17) is 4.74 Å². The van der Waals surface area contributed by atoms with Gasteiger partial charge in [0.05, 0.1) is 18.5 Å². The highest BCUT2D eigenvalue weighted by molar-refractivity contribution is 5.59. The van der Waals surface area contributed by atoms with Gasteiger partial charge >= 0.3 is 0 Å². The fraction of sp³-hybridized carbons (Fsp3) is 0.645. The molecule has 0 bridgehead atoms. The maximum Gasteiger partial charge on any atom is 0.137 e. The first-order chi connectivity index (χ1) is 16.3. The third kappa shape index (κ3) is 9.51. The molecule has 0 aliphatic heterocycles. The van der Waals surface area contributed by atoms with Gasteiger partial charge in [-0.05, 0) is 48.8 Å². The molecule has 182 valence electrons. The van der Waals surface area contributed by atoms with Crippen LogP contribution < -0.4 is 4.74 Å². The maximum atomic E-state index is 5.88. The van der Waals surface area contributed by atoms with E-state index >= 15 is 0 Å². The van der Waals surface area contributed by atoms with Crippen LogP contribution in [0.1, 0.15) is 109 Å². The summed E-state index contributed by atoms with van der Waals surface area (Å²) < 4.78 is 5.88. The Morgan fingerprint density at radius 3 is 2.06 bits per heavy atom. The average Bonchev–Trinajstić information content (AvgIpc) is 2.87. The van der Waals surface area contributed by atoms with Crippen LogP contribution in [0.25, 0.3) is 11.3 Å². The van der Waals surface area contributed by atoms with Crippen molar-refractivity contribution in [1.29, 1.82) is 0 Å². The molecule has 33 heavy (non-hydrogen) atoms. The topological polar surface area (TPSA) is 22.1 Å². The minimum absolute atomic E-state index is 0.794. The molecule has 1 aromatic heterocycles. The molecule has 1 aromatic carbocycles. The molecule has 0 spiro atoms. The van der Waals surface area contributed by atoms with Crippen molar-refractivity contribution in [1.82, 2.24) is 4.98 Å². The number of unbranched alkanes of at least 4 members (excludes halogenated alkanes) is 6. The molecule has 1 fully saturated rings. The second kappa shape index (κ2) is 15.1. The quantitative estimate of drug-likeness (QED) is 0.253. The number of aromatic nitrogens is 1. The Hall–Kier alpha value is -1.83. The van der Waals surface area contributed by atoms with Gasteiger partial charge < -0.3 is 4.74 Å². The van der Waals surface area contributed by atoms with Gasteiger partial charge in [0.25, 0.3) is 0 Å². The van der Waals surface area contributed by atoms with Gasteiger partial charge in [-0.1, -0.05) is 115 Å². The standard InChI is InChI=1S/C31H47NO/c1-3-5-7-8-9-10-24-33-30-22-23-31(32-25-30)29-20-18-28(19-21-29)17-16-27-14-12-26(13-15-27)11-6-4-2/h18-23,25-27H,3-17,24H2,1-2H3/t26-,27-. The third-order valence-electron chi connectivity index (χ3n) is 7.53. The lowest BCUT2D eigenvalue weighted by Crippen LogP contribution is -2.15. The Morgan fingerprint density at radius 2 is 1.39 bits per heavy atom. The lowest BCUT2D eigenvalue weighted by Gasteiger charge is -2.28. The first-order valence-corrected chi connectivity index (χ1v) is 14.0. The van der Waals surface area contributed by atoms with Crippen molar-refractivity contribution in [2.24, 2.45) is 11.8 Å². The highest BCUT2D eigenvalue weighted by Gasteiger charge is 2.20. The number of hydrogen-bond acceptors (Lipinski definition) is 2. The number of aryl methyl sites for hydroxylation is 1. The van der Waals surface area contributed by atoms with Gasteiger partial charge in [-0.3, -0.25) is 4.98 Å². The number of pyridine rings is 1. The summed E-state index contributed by atoms with van der Waals surface area (Å²) >= 11 is 0. The molecule has 0 saturated heterocycles. The van der Waals surface area contributed by atoms with Crippen LogP contribution in [-0.2, 0) is 6.42 Å². The molecule has 0 radical (unpaired) electrons. The second-order valence-corrected chi connectivity index (χ2v) is 10.3. The van der Waals surface area contributed by atoms with Gasteiger partial charge in [-0.2, -0.15) is 0 Å². The number of nitrogens with zero attached hydrogens (tertiary/aromatic N) is 1. The summed E-state index contributed by atoms with van der Waals surface area (Å²) in [4.78, 5) is 4.64. The van der Waals surface area contributed by atoms with Crippen LogP contribution in [0.4, 0.5) is 0 Å². The van der Waals surface area contributed by atoms with Crippen molar-refractivity contribution in [2.45, 2.75) is 110 Å². The van der Waals surface area contributed by atoms with Crippen molar-refractivity contribution in [3.63, 3.8) is 0 Å². The first-order valence-electron chi connectivity index (χ1n) is 14.0. The number of ether oxygens (including phenoxy) is 1. The van der Waals surface area contributed by atoms with Crippen LogP contribution in [0.2, 0.25) is 0 Å². The zero-order valence-electron chi connectivity index (χ0n) is 21.4. The summed E-state index contributed by atoms with van der Waals surface area (Å²) in [6, 6.07) is 13.2.